The molecule has 2 aromatic heterocycles. The standard InChI is InChI=1S/C13H19N5O/c1-8-11-12(18(3)17-8)13(16-9(2)15-11)14-7-10-5-4-6-19-10/h10H,4-7H2,1-3H3,(H,14,15,16)/t10-/m0/s1. The highest BCUT2D eigenvalue weighted by molar-refractivity contribution is 5.87. The van der Waals surface area contributed by atoms with Crippen LogP contribution in [0.3, 0.4) is 0 Å². The number of fused-ring (bicyclic) bond motifs is 1. The first-order valence-corrected chi connectivity index (χ1v) is 6.68. The minimum atomic E-state index is 0.291. The lowest BCUT2D eigenvalue weighted by atomic mass is 10.2. The summed E-state index contributed by atoms with van der Waals surface area (Å²) in [5.41, 5.74) is 2.81. The highest BCUT2D eigenvalue weighted by Gasteiger charge is 2.18. The number of aromatic nitrogens is 4. The van der Waals surface area contributed by atoms with Crippen LogP contribution in [0.2, 0.25) is 0 Å². The number of hydrogen-bond acceptors (Lipinski definition) is 5. The fourth-order valence-electron chi connectivity index (χ4n) is 2.59. The Balaban J connectivity index is 1.92. The van der Waals surface area contributed by atoms with Gasteiger partial charge in [0, 0.05) is 20.2 Å². The van der Waals surface area contributed by atoms with Gasteiger partial charge in [0.15, 0.2) is 5.82 Å². The van der Waals surface area contributed by atoms with Crippen molar-refractivity contribution in [1.29, 1.82) is 0 Å². The molecule has 1 saturated heterocycles. The topological polar surface area (TPSA) is 64.9 Å². The largest absolute Gasteiger partial charge is 0.376 e. The number of aryl methyl sites for hydroxylation is 3. The van der Waals surface area contributed by atoms with Crippen LogP contribution in [0.4, 0.5) is 5.82 Å². The number of nitrogens with one attached hydrogen (secondary N) is 1. The van der Waals surface area contributed by atoms with Crippen molar-refractivity contribution in [2.24, 2.45) is 7.05 Å². The molecule has 0 spiro atoms. The molecule has 0 radical (unpaired) electrons. The lowest BCUT2D eigenvalue weighted by molar-refractivity contribution is 0.120. The molecule has 0 unspecified atom stereocenters. The Hall–Kier alpha value is -1.69. The molecule has 1 fully saturated rings. The van der Waals surface area contributed by atoms with Crippen LogP contribution in [0.25, 0.3) is 11.0 Å². The van der Waals surface area contributed by atoms with Gasteiger partial charge in [-0.15, -0.1) is 0 Å². The zero-order valence-corrected chi connectivity index (χ0v) is 11.6. The van der Waals surface area contributed by atoms with Crippen molar-refractivity contribution in [2.75, 3.05) is 18.5 Å². The lowest BCUT2D eigenvalue weighted by Crippen LogP contribution is -2.19. The van der Waals surface area contributed by atoms with Crippen LogP contribution in [0.1, 0.15) is 24.4 Å². The minimum absolute atomic E-state index is 0.291. The van der Waals surface area contributed by atoms with Crippen LogP contribution >= 0.6 is 0 Å². The third-order valence-corrected chi connectivity index (χ3v) is 3.48. The van der Waals surface area contributed by atoms with Gasteiger partial charge >= 0.3 is 0 Å². The molecule has 0 saturated carbocycles. The van der Waals surface area contributed by atoms with Gasteiger partial charge < -0.3 is 10.1 Å². The van der Waals surface area contributed by atoms with Crippen molar-refractivity contribution in [3.63, 3.8) is 0 Å². The maximum Gasteiger partial charge on any atom is 0.156 e. The Morgan fingerprint density at radius 1 is 1.37 bits per heavy atom. The summed E-state index contributed by atoms with van der Waals surface area (Å²) in [6, 6.07) is 0. The van der Waals surface area contributed by atoms with Crippen molar-refractivity contribution in [2.45, 2.75) is 32.8 Å². The molecular weight excluding hydrogens is 242 g/mol. The van der Waals surface area contributed by atoms with Crippen LogP contribution in [0.15, 0.2) is 0 Å². The van der Waals surface area contributed by atoms with E-state index in [1.54, 1.807) is 0 Å². The number of hydrogen-bond donors (Lipinski definition) is 1. The van der Waals surface area contributed by atoms with E-state index in [-0.39, 0.29) is 0 Å². The predicted molar refractivity (Wildman–Crippen MR) is 73.2 cm³/mol. The van der Waals surface area contributed by atoms with E-state index in [0.717, 1.165) is 54.4 Å². The first-order chi connectivity index (χ1) is 9.15. The normalized spacial score (nSPS) is 19.2. The molecule has 0 aromatic carbocycles. The highest BCUT2D eigenvalue weighted by Crippen LogP contribution is 2.23. The van der Waals surface area contributed by atoms with Gasteiger partial charge in [-0.2, -0.15) is 5.10 Å². The summed E-state index contributed by atoms with van der Waals surface area (Å²) < 4.78 is 7.46. The Morgan fingerprint density at radius 3 is 2.95 bits per heavy atom. The number of rotatable bonds is 3. The molecular formula is C13H19N5O. The van der Waals surface area contributed by atoms with Crippen molar-refractivity contribution in [3.8, 4) is 0 Å². The Kier molecular flexibility index (Phi) is 3.10. The molecule has 1 N–H and O–H groups in total. The average Bonchev–Trinajstić information content (AvgIpc) is 2.96. The SMILES string of the molecule is Cc1nc(NC[C@@H]2CCCO2)c2c(n1)c(C)nn2C. The summed E-state index contributed by atoms with van der Waals surface area (Å²) in [6.07, 6.45) is 2.56. The molecule has 1 atom stereocenters. The van der Waals surface area contributed by atoms with Gasteiger partial charge in [0.25, 0.3) is 0 Å². The lowest BCUT2D eigenvalue weighted by Gasteiger charge is -2.12. The summed E-state index contributed by atoms with van der Waals surface area (Å²) >= 11 is 0. The molecule has 1 aliphatic rings. The molecule has 2 aromatic rings. The monoisotopic (exact) mass is 261 g/mol. The smallest absolute Gasteiger partial charge is 0.156 e. The summed E-state index contributed by atoms with van der Waals surface area (Å²) in [4.78, 5) is 8.97. The second-order valence-corrected chi connectivity index (χ2v) is 5.04. The second kappa shape index (κ2) is 4.77. The highest BCUT2D eigenvalue weighted by atomic mass is 16.5. The molecule has 3 rings (SSSR count). The van der Waals surface area contributed by atoms with Crippen molar-refractivity contribution >= 4 is 16.9 Å². The van der Waals surface area contributed by atoms with Crippen LogP contribution in [-0.4, -0.2) is 39.0 Å². The van der Waals surface area contributed by atoms with Gasteiger partial charge in [-0.25, -0.2) is 9.97 Å². The third-order valence-electron chi connectivity index (χ3n) is 3.48. The van der Waals surface area contributed by atoms with Gasteiger partial charge in [0.05, 0.1) is 11.8 Å². The minimum Gasteiger partial charge on any atom is -0.376 e. The first kappa shape index (κ1) is 12.3. The van der Waals surface area contributed by atoms with E-state index in [4.69, 9.17) is 4.74 Å². The fourth-order valence-corrected chi connectivity index (χ4v) is 2.59. The zero-order valence-electron chi connectivity index (χ0n) is 11.6. The molecule has 6 nitrogen and oxygen atoms in total. The maximum atomic E-state index is 5.62. The molecule has 102 valence electrons. The molecule has 0 amide bonds. The molecule has 0 bridgehead atoms. The van der Waals surface area contributed by atoms with Gasteiger partial charge in [-0.05, 0) is 26.7 Å². The summed E-state index contributed by atoms with van der Waals surface area (Å²) in [5, 5.41) is 7.80. The van der Waals surface area contributed by atoms with Gasteiger partial charge in [-0.1, -0.05) is 0 Å². The average molecular weight is 261 g/mol. The van der Waals surface area contributed by atoms with Crippen LogP contribution in [-0.2, 0) is 11.8 Å². The van der Waals surface area contributed by atoms with Crippen molar-refractivity contribution in [3.05, 3.63) is 11.5 Å². The molecule has 1 aliphatic heterocycles. The maximum absolute atomic E-state index is 5.62. The van der Waals surface area contributed by atoms with Crippen LogP contribution in [0.5, 0.6) is 0 Å². The summed E-state index contributed by atoms with van der Waals surface area (Å²) in [7, 11) is 1.92. The third kappa shape index (κ3) is 2.28. The van der Waals surface area contributed by atoms with Crippen LogP contribution < -0.4 is 5.32 Å². The van der Waals surface area contributed by atoms with Crippen LogP contribution in [0, 0.1) is 13.8 Å². The fraction of sp³-hybridized carbons (Fsp3) is 0.615. The zero-order chi connectivity index (χ0) is 13.4. The van der Waals surface area contributed by atoms with E-state index in [0.29, 0.717) is 6.10 Å². The Labute approximate surface area is 112 Å². The van der Waals surface area contributed by atoms with E-state index in [1.807, 2.05) is 25.6 Å². The molecule has 6 heteroatoms. The Morgan fingerprint density at radius 2 is 2.21 bits per heavy atom. The van der Waals surface area contributed by atoms with E-state index < -0.39 is 0 Å². The van der Waals surface area contributed by atoms with Crippen molar-refractivity contribution in [1.82, 2.24) is 19.7 Å². The van der Waals surface area contributed by atoms with E-state index >= 15 is 0 Å². The van der Waals surface area contributed by atoms with E-state index in [1.165, 1.54) is 0 Å². The summed E-state index contributed by atoms with van der Waals surface area (Å²) in [6.45, 7) is 5.53. The van der Waals surface area contributed by atoms with Crippen molar-refractivity contribution < 1.29 is 4.74 Å². The molecule has 19 heavy (non-hydrogen) atoms. The first-order valence-electron chi connectivity index (χ1n) is 6.68. The number of anilines is 1. The van der Waals surface area contributed by atoms with E-state index in [2.05, 4.69) is 20.4 Å². The molecule has 0 aliphatic carbocycles. The van der Waals surface area contributed by atoms with Gasteiger partial charge in [-0.3, -0.25) is 4.68 Å². The number of nitrogens with zero attached hydrogens (tertiary/aromatic N) is 4. The molecule has 3 heterocycles. The number of ether oxygens (including phenoxy) is 1. The van der Waals surface area contributed by atoms with Gasteiger partial charge in [0.2, 0.25) is 0 Å². The Bertz CT molecular complexity index is 601. The predicted octanol–water partition coefficient (Wildman–Crippen LogP) is 1.57. The summed E-state index contributed by atoms with van der Waals surface area (Å²) in [5.74, 6) is 1.61. The quantitative estimate of drug-likeness (QED) is 0.908. The second-order valence-electron chi connectivity index (χ2n) is 5.04. The van der Waals surface area contributed by atoms with E-state index in [9.17, 15) is 0 Å². The van der Waals surface area contributed by atoms with Gasteiger partial charge in [0.1, 0.15) is 16.9 Å².